The molecule has 0 aromatic heterocycles. The molecule has 0 unspecified atom stereocenters. The van der Waals surface area contributed by atoms with Crippen LogP contribution in [0.25, 0.3) is 0 Å². The van der Waals surface area contributed by atoms with Crippen molar-refractivity contribution in [1.29, 1.82) is 0 Å². The van der Waals surface area contributed by atoms with E-state index in [-0.39, 0.29) is 12.4 Å². The van der Waals surface area contributed by atoms with E-state index in [1.54, 1.807) is 7.11 Å². The quantitative estimate of drug-likeness (QED) is 0.785. The predicted molar refractivity (Wildman–Crippen MR) is 78.1 cm³/mol. The molecule has 112 valence electrons. The van der Waals surface area contributed by atoms with Gasteiger partial charge in [-0.15, -0.1) is 0 Å². The first-order chi connectivity index (χ1) is 9.48. The highest BCUT2D eigenvalue weighted by atomic mass is 32.2. The van der Waals surface area contributed by atoms with Crippen LogP contribution in [0.5, 0.6) is 11.5 Å². The molecule has 1 fully saturated rings. The minimum atomic E-state index is -3.00. The zero-order chi connectivity index (χ0) is 14.6. The maximum atomic E-state index is 11.1. The van der Waals surface area contributed by atoms with Crippen molar-refractivity contribution in [3.05, 3.63) is 23.8 Å². The fourth-order valence-corrected chi connectivity index (χ4v) is 2.19. The fraction of sp³-hybridized carbons (Fsp3) is 0.571. The molecule has 1 aliphatic carbocycles. The Hall–Kier alpha value is -1.27. The number of methoxy groups -OCH3 is 1. The van der Waals surface area contributed by atoms with Crippen molar-refractivity contribution < 1.29 is 17.9 Å². The minimum Gasteiger partial charge on any atom is -0.497 e. The fourth-order valence-electron chi connectivity index (χ4n) is 1.81. The van der Waals surface area contributed by atoms with E-state index in [4.69, 9.17) is 9.47 Å². The lowest BCUT2D eigenvalue weighted by Crippen LogP contribution is -2.17. The summed E-state index contributed by atoms with van der Waals surface area (Å²) in [6.07, 6.45) is 3.64. The van der Waals surface area contributed by atoms with Gasteiger partial charge in [-0.3, -0.25) is 0 Å². The standard InChI is InChI=1S/C14H21NO4S/c1-18-13-5-6-14(19-7-8-20(2,16)17)11(9-13)10-15-12-3-4-12/h5-6,9,12,15H,3-4,7-8,10H2,1-2H3. The highest BCUT2D eigenvalue weighted by Gasteiger charge is 2.20. The summed E-state index contributed by atoms with van der Waals surface area (Å²) in [5, 5.41) is 3.42. The van der Waals surface area contributed by atoms with Gasteiger partial charge in [0, 0.05) is 24.4 Å². The van der Waals surface area contributed by atoms with Crippen LogP contribution in [0.3, 0.4) is 0 Å². The van der Waals surface area contributed by atoms with Crippen LogP contribution in [0.4, 0.5) is 0 Å². The topological polar surface area (TPSA) is 64.6 Å². The molecule has 1 saturated carbocycles. The van der Waals surface area contributed by atoms with E-state index < -0.39 is 9.84 Å². The zero-order valence-electron chi connectivity index (χ0n) is 11.9. The summed E-state index contributed by atoms with van der Waals surface area (Å²) in [7, 11) is -1.38. The molecule has 1 N–H and O–H groups in total. The molecular formula is C14H21NO4S. The van der Waals surface area contributed by atoms with Crippen molar-refractivity contribution in [3.8, 4) is 11.5 Å². The van der Waals surface area contributed by atoms with Crippen molar-refractivity contribution >= 4 is 9.84 Å². The number of rotatable bonds is 8. The number of hydrogen-bond acceptors (Lipinski definition) is 5. The van der Waals surface area contributed by atoms with E-state index in [1.807, 2.05) is 18.2 Å². The molecule has 20 heavy (non-hydrogen) atoms. The molecule has 0 atom stereocenters. The summed E-state index contributed by atoms with van der Waals surface area (Å²) in [5.41, 5.74) is 0.991. The van der Waals surface area contributed by atoms with Crippen LogP contribution < -0.4 is 14.8 Å². The summed E-state index contributed by atoms with van der Waals surface area (Å²) in [5.74, 6) is 1.50. The van der Waals surface area contributed by atoms with Crippen LogP contribution >= 0.6 is 0 Å². The summed E-state index contributed by atoms with van der Waals surface area (Å²) in [6, 6.07) is 6.16. The molecule has 0 bridgehead atoms. The molecule has 0 amide bonds. The second-order valence-electron chi connectivity index (χ2n) is 5.11. The molecule has 0 saturated heterocycles. The monoisotopic (exact) mass is 299 g/mol. The second kappa shape index (κ2) is 6.45. The molecule has 0 aliphatic heterocycles. The number of hydrogen-bond donors (Lipinski definition) is 1. The molecule has 1 aromatic carbocycles. The van der Waals surface area contributed by atoms with Crippen LogP contribution in [0.15, 0.2) is 18.2 Å². The van der Waals surface area contributed by atoms with Gasteiger partial charge in [-0.1, -0.05) is 0 Å². The molecule has 0 heterocycles. The molecular weight excluding hydrogens is 278 g/mol. The zero-order valence-corrected chi connectivity index (χ0v) is 12.7. The molecule has 1 aliphatic rings. The summed E-state index contributed by atoms with van der Waals surface area (Å²) >= 11 is 0. The largest absolute Gasteiger partial charge is 0.497 e. The van der Waals surface area contributed by atoms with Crippen LogP contribution in [0, 0.1) is 0 Å². The van der Waals surface area contributed by atoms with E-state index in [0.29, 0.717) is 18.3 Å². The van der Waals surface area contributed by atoms with Crippen LogP contribution in [-0.4, -0.2) is 40.2 Å². The highest BCUT2D eigenvalue weighted by Crippen LogP contribution is 2.26. The lowest BCUT2D eigenvalue weighted by atomic mass is 10.2. The Balaban J connectivity index is 2.00. The first-order valence-corrected chi connectivity index (χ1v) is 8.75. The summed E-state index contributed by atoms with van der Waals surface area (Å²) in [4.78, 5) is 0. The van der Waals surface area contributed by atoms with E-state index in [0.717, 1.165) is 11.3 Å². The molecule has 5 nitrogen and oxygen atoms in total. The van der Waals surface area contributed by atoms with Crippen LogP contribution in [0.1, 0.15) is 18.4 Å². The second-order valence-corrected chi connectivity index (χ2v) is 7.37. The third kappa shape index (κ3) is 5.02. The first-order valence-electron chi connectivity index (χ1n) is 6.69. The number of nitrogens with one attached hydrogen (secondary N) is 1. The number of ether oxygens (including phenoxy) is 2. The van der Waals surface area contributed by atoms with Crippen molar-refractivity contribution in [2.24, 2.45) is 0 Å². The Morgan fingerprint density at radius 1 is 1.35 bits per heavy atom. The lowest BCUT2D eigenvalue weighted by molar-refractivity contribution is 0.334. The van der Waals surface area contributed by atoms with Gasteiger partial charge in [-0.25, -0.2) is 8.42 Å². The number of benzene rings is 1. The van der Waals surface area contributed by atoms with Crippen molar-refractivity contribution in [2.45, 2.75) is 25.4 Å². The first kappa shape index (κ1) is 15.1. The van der Waals surface area contributed by atoms with E-state index in [9.17, 15) is 8.42 Å². The van der Waals surface area contributed by atoms with Crippen LogP contribution in [-0.2, 0) is 16.4 Å². The van der Waals surface area contributed by atoms with Gasteiger partial charge in [0.25, 0.3) is 0 Å². The van der Waals surface area contributed by atoms with E-state index in [2.05, 4.69) is 5.32 Å². The maximum absolute atomic E-state index is 11.1. The normalized spacial score (nSPS) is 15.1. The Morgan fingerprint density at radius 3 is 2.70 bits per heavy atom. The Bertz CT molecular complexity index is 552. The Morgan fingerprint density at radius 2 is 2.10 bits per heavy atom. The third-order valence-corrected chi connectivity index (χ3v) is 4.05. The van der Waals surface area contributed by atoms with Crippen molar-refractivity contribution in [3.63, 3.8) is 0 Å². The maximum Gasteiger partial charge on any atom is 0.150 e. The Kier molecular flexibility index (Phi) is 4.88. The average molecular weight is 299 g/mol. The summed E-state index contributed by atoms with van der Waals surface area (Å²) < 4.78 is 33.0. The van der Waals surface area contributed by atoms with Gasteiger partial charge in [-0.05, 0) is 31.0 Å². The van der Waals surface area contributed by atoms with Gasteiger partial charge < -0.3 is 14.8 Å². The molecule has 2 rings (SSSR count). The summed E-state index contributed by atoms with van der Waals surface area (Å²) in [6.45, 7) is 0.873. The molecule has 0 spiro atoms. The van der Waals surface area contributed by atoms with Gasteiger partial charge in [-0.2, -0.15) is 0 Å². The predicted octanol–water partition coefficient (Wildman–Crippen LogP) is 1.37. The van der Waals surface area contributed by atoms with Crippen molar-refractivity contribution in [2.75, 3.05) is 25.7 Å². The third-order valence-electron chi connectivity index (χ3n) is 3.14. The van der Waals surface area contributed by atoms with Crippen LogP contribution in [0.2, 0.25) is 0 Å². The molecule has 1 aromatic rings. The van der Waals surface area contributed by atoms with Gasteiger partial charge in [0.2, 0.25) is 0 Å². The van der Waals surface area contributed by atoms with Gasteiger partial charge in [0.05, 0.1) is 12.9 Å². The molecule has 0 radical (unpaired) electrons. The van der Waals surface area contributed by atoms with E-state index >= 15 is 0 Å². The lowest BCUT2D eigenvalue weighted by Gasteiger charge is -2.13. The van der Waals surface area contributed by atoms with Gasteiger partial charge in [0.1, 0.15) is 18.1 Å². The SMILES string of the molecule is COc1ccc(OCCS(C)(=O)=O)c(CNC2CC2)c1. The van der Waals surface area contributed by atoms with E-state index in [1.165, 1.54) is 19.1 Å². The smallest absolute Gasteiger partial charge is 0.150 e. The highest BCUT2D eigenvalue weighted by molar-refractivity contribution is 7.90. The molecule has 6 heteroatoms. The van der Waals surface area contributed by atoms with Crippen molar-refractivity contribution in [1.82, 2.24) is 5.32 Å². The number of sulfone groups is 1. The average Bonchev–Trinajstić information content (AvgIpc) is 3.20. The van der Waals surface area contributed by atoms with Gasteiger partial charge >= 0.3 is 0 Å². The van der Waals surface area contributed by atoms with Gasteiger partial charge in [0.15, 0.2) is 9.84 Å². The minimum absolute atomic E-state index is 0.0223. The Labute approximate surface area is 120 Å².